The van der Waals surface area contributed by atoms with E-state index >= 15 is 0 Å². The summed E-state index contributed by atoms with van der Waals surface area (Å²) >= 11 is 0. The first-order valence-electron chi connectivity index (χ1n) is 6.40. The molecule has 2 N–H and O–H groups in total. The lowest BCUT2D eigenvalue weighted by Gasteiger charge is -2.17. The molecule has 5 heteroatoms. The molecule has 110 valence electrons. The Kier molecular flexibility index (Phi) is 4.42. The molecule has 0 fully saturated rings. The van der Waals surface area contributed by atoms with E-state index in [1.807, 2.05) is 0 Å². The van der Waals surface area contributed by atoms with Crippen LogP contribution < -0.4 is 10.1 Å². The van der Waals surface area contributed by atoms with Crippen molar-refractivity contribution in [2.45, 2.75) is 13.0 Å². The zero-order valence-electron chi connectivity index (χ0n) is 11.8. The number of hydrogen-bond acceptors (Lipinski definition) is 3. The Morgan fingerprint density at radius 2 is 2.05 bits per heavy atom. The van der Waals surface area contributed by atoms with E-state index in [0.29, 0.717) is 11.4 Å². The zero-order chi connectivity index (χ0) is 15.4. The second kappa shape index (κ2) is 6.26. The Morgan fingerprint density at radius 3 is 2.71 bits per heavy atom. The van der Waals surface area contributed by atoms with Crippen molar-refractivity contribution in [3.8, 4) is 5.75 Å². The number of anilines is 1. The van der Waals surface area contributed by atoms with E-state index in [2.05, 4.69) is 5.32 Å². The number of methoxy groups -OCH3 is 1. The van der Waals surface area contributed by atoms with Gasteiger partial charge < -0.3 is 15.2 Å². The van der Waals surface area contributed by atoms with Gasteiger partial charge in [0.25, 0.3) is 0 Å². The third-order valence-electron chi connectivity index (χ3n) is 3.09. The van der Waals surface area contributed by atoms with E-state index in [-0.39, 0.29) is 5.56 Å². The Bertz CT molecular complexity index is 658. The monoisotopic (exact) mass is 289 g/mol. The SMILES string of the molecule is COc1cccc(NC(C(=O)O)c2cc(C)ccc2F)c1. The highest BCUT2D eigenvalue weighted by atomic mass is 19.1. The molecule has 21 heavy (non-hydrogen) atoms. The van der Waals surface area contributed by atoms with Crippen LogP contribution in [0, 0.1) is 12.7 Å². The summed E-state index contributed by atoms with van der Waals surface area (Å²) in [6.07, 6.45) is 0. The molecule has 2 aromatic carbocycles. The van der Waals surface area contributed by atoms with Gasteiger partial charge in [-0.3, -0.25) is 0 Å². The van der Waals surface area contributed by atoms with Gasteiger partial charge in [0, 0.05) is 17.3 Å². The number of aryl methyl sites for hydroxylation is 1. The molecule has 0 bridgehead atoms. The first-order chi connectivity index (χ1) is 10.0. The molecule has 0 saturated carbocycles. The van der Waals surface area contributed by atoms with Gasteiger partial charge in [0.05, 0.1) is 7.11 Å². The summed E-state index contributed by atoms with van der Waals surface area (Å²) in [5, 5.41) is 12.2. The highest BCUT2D eigenvalue weighted by Gasteiger charge is 2.23. The topological polar surface area (TPSA) is 58.6 Å². The minimum absolute atomic E-state index is 0.102. The van der Waals surface area contributed by atoms with E-state index < -0.39 is 17.8 Å². The van der Waals surface area contributed by atoms with Crippen molar-refractivity contribution in [3.05, 3.63) is 59.4 Å². The van der Waals surface area contributed by atoms with Crippen LogP contribution in [0.2, 0.25) is 0 Å². The number of carboxylic acid groups (broad SMARTS) is 1. The molecule has 0 aliphatic heterocycles. The summed E-state index contributed by atoms with van der Waals surface area (Å²) in [6.45, 7) is 1.79. The molecule has 2 rings (SSSR count). The summed E-state index contributed by atoms with van der Waals surface area (Å²) in [4.78, 5) is 11.5. The van der Waals surface area contributed by atoms with Gasteiger partial charge in [-0.2, -0.15) is 0 Å². The standard InChI is InChI=1S/C16H16FNO3/c1-10-6-7-14(17)13(8-10)15(16(19)20)18-11-4-3-5-12(9-11)21-2/h3-9,15,18H,1-2H3,(H,19,20). The molecule has 0 amide bonds. The van der Waals surface area contributed by atoms with Gasteiger partial charge >= 0.3 is 5.97 Å². The van der Waals surface area contributed by atoms with Gasteiger partial charge in [0.2, 0.25) is 0 Å². The van der Waals surface area contributed by atoms with Gasteiger partial charge in [-0.05, 0) is 25.1 Å². The average molecular weight is 289 g/mol. The third-order valence-corrected chi connectivity index (χ3v) is 3.09. The minimum atomic E-state index is -1.17. The first-order valence-corrected chi connectivity index (χ1v) is 6.40. The van der Waals surface area contributed by atoms with Gasteiger partial charge in [-0.15, -0.1) is 0 Å². The Balaban J connectivity index is 2.35. The molecule has 0 saturated heterocycles. The quantitative estimate of drug-likeness (QED) is 0.886. The summed E-state index contributed by atoms with van der Waals surface area (Å²) in [5.41, 5.74) is 1.44. The van der Waals surface area contributed by atoms with Gasteiger partial charge in [-0.25, -0.2) is 9.18 Å². The van der Waals surface area contributed by atoms with Crippen molar-refractivity contribution in [2.24, 2.45) is 0 Å². The molecule has 2 aromatic rings. The summed E-state index contributed by atoms with van der Waals surface area (Å²) in [5.74, 6) is -1.11. The maximum atomic E-state index is 13.9. The zero-order valence-corrected chi connectivity index (χ0v) is 11.8. The normalized spacial score (nSPS) is 11.8. The van der Waals surface area contributed by atoms with Crippen LogP contribution in [0.5, 0.6) is 5.75 Å². The molecule has 1 unspecified atom stereocenters. The summed E-state index contributed by atoms with van der Waals surface area (Å²) in [6, 6.07) is 10.1. The van der Waals surface area contributed by atoms with Crippen LogP contribution in [0.25, 0.3) is 0 Å². The number of carboxylic acids is 1. The van der Waals surface area contributed by atoms with Crippen molar-refractivity contribution in [2.75, 3.05) is 12.4 Å². The van der Waals surface area contributed by atoms with E-state index in [1.54, 1.807) is 37.3 Å². The Labute approximate surface area is 122 Å². The van der Waals surface area contributed by atoms with Crippen LogP contribution in [-0.4, -0.2) is 18.2 Å². The maximum absolute atomic E-state index is 13.9. The van der Waals surface area contributed by atoms with Crippen LogP contribution in [0.4, 0.5) is 10.1 Å². The molecule has 4 nitrogen and oxygen atoms in total. The number of carbonyl (C=O) groups is 1. The number of aliphatic carboxylic acids is 1. The number of halogens is 1. The molecule has 0 aliphatic carbocycles. The maximum Gasteiger partial charge on any atom is 0.330 e. The molecule has 1 atom stereocenters. The highest BCUT2D eigenvalue weighted by molar-refractivity contribution is 5.79. The van der Waals surface area contributed by atoms with Crippen molar-refractivity contribution in [3.63, 3.8) is 0 Å². The fraction of sp³-hybridized carbons (Fsp3) is 0.188. The molecule has 0 heterocycles. The summed E-state index contributed by atoms with van der Waals surface area (Å²) < 4.78 is 19.0. The first kappa shape index (κ1) is 14.8. The lowest BCUT2D eigenvalue weighted by atomic mass is 10.0. The van der Waals surface area contributed by atoms with Gasteiger partial charge in [0.15, 0.2) is 6.04 Å². The Morgan fingerprint density at radius 1 is 1.29 bits per heavy atom. The van der Waals surface area contributed by atoms with Crippen molar-refractivity contribution < 1.29 is 19.0 Å². The molecule has 0 radical (unpaired) electrons. The highest BCUT2D eigenvalue weighted by Crippen LogP contribution is 2.25. The van der Waals surface area contributed by atoms with Crippen LogP contribution in [0.1, 0.15) is 17.2 Å². The molecular formula is C16H16FNO3. The number of benzene rings is 2. The predicted molar refractivity (Wildman–Crippen MR) is 78.1 cm³/mol. The van der Waals surface area contributed by atoms with Gasteiger partial charge in [0.1, 0.15) is 11.6 Å². The predicted octanol–water partition coefficient (Wildman–Crippen LogP) is 3.38. The second-order valence-electron chi connectivity index (χ2n) is 4.67. The van der Waals surface area contributed by atoms with E-state index in [9.17, 15) is 14.3 Å². The summed E-state index contributed by atoms with van der Waals surface area (Å²) in [7, 11) is 1.52. The second-order valence-corrected chi connectivity index (χ2v) is 4.67. The number of nitrogens with one attached hydrogen (secondary N) is 1. The number of ether oxygens (including phenoxy) is 1. The largest absolute Gasteiger partial charge is 0.497 e. The molecule has 0 aromatic heterocycles. The molecular weight excluding hydrogens is 273 g/mol. The molecule has 0 aliphatic rings. The van der Waals surface area contributed by atoms with E-state index in [4.69, 9.17) is 4.74 Å². The lowest BCUT2D eigenvalue weighted by Crippen LogP contribution is -2.21. The molecule has 0 spiro atoms. The van der Waals surface area contributed by atoms with Crippen LogP contribution in [0.3, 0.4) is 0 Å². The fourth-order valence-electron chi connectivity index (χ4n) is 2.04. The van der Waals surface area contributed by atoms with Gasteiger partial charge in [-0.1, -0.05) is 23.8 Å². The minimum Gasteiger partial charge on any atom is -0.497 e. The lowest BCUT2D eigenvalue weighted by molar-refractivity contribution is -0.138. The number of hydrogen-bond donors (Lipinski definition) is 2. The fourth-order valence-corrected chi connectivity index (χ4v) is 2.04. The third kappa shape index (κ3) is 3.51. The van der Waals surface area contributed by atoms with Crippen LogP contribution >= 0.6 is 0 Å². The van der Waals surface area contributed by atoms with Crippen LogP contribution in [-0.2, 0) is 4.79 Å². The van der Waals surface area contributed by atoms with Crippen molar-refractivity contribution in [1.82, 2.24) is 0 Å². The number of rotatable bonds is 5. The Hall–Kier alpha value is -2.56. The van der Waals surface area contributed by atoms with Crippen molar-refractivity contribution >= 4 is 11.7 Å². The van der Waals surface area contributed by atoms with Crippen molar-refractivity contribution in [1.29, 1.82) is 0 Å². The average Bonchev–Trinajstić information content (AvgIpc) is 2.47. The van der Waals surface area contributed by atoms with E-state index in [0.717, 1.165) is 5.56 Å². The van der Waals surface area contributed by atoms with E-state index in [1.165, 1.54) is 19.2 Å². The van der Waals surface area contributed by atoms with Crippen LogP contribution in [0.15, 0.2) is 42.5 Å². The smallest absolute Gasteiger partial charge is 0.330 e.